The number of ether oxygens (including phenoxy) is 1. The van der Waals surface area contributed by atoms with Crippen LogP contribution in [0.15, 0.2) is 53.2 Å². The van der Waals surface area contributed by atoms with E-state index in [1.54, 1.807) is 6.07 Å². The van der Waals surface area contributed by atoms with Crippen LogP contribution in [0.2, 0.25) is 0 Å². The predicted octanol–water partition coefficient (Wildman–Crippen LogP) is 4.48. The molecule has 1 aliphatic heterocycles. The van der Waals surface area contributed by atoms with Crippen LogP contribution in [0.4, 0.5) is 5.88 Å². The maximum absolute atomic E-state index is 12.4. The number of nitrogens with zero attached hydrogens (tertiary/aromatic N) is 3. The third-order valence-corrected chi connectivity index (χ3v) is 6.03. The van der Waals surface area contributed by atoms with Gasteiger partial charge in [-0.2, -0.15) is 0 Å². The van der Waals surface area contributed by atoms with Crippen LogP contribution < -0.4 is 5.32 Å². The summed E-state index contributed by atoms with van der Waals surface area (Å²) in [4.78, 5) is 19.5. The van der Waals surface area contributed by atoms with Crippen molar-refractivity contribution in [3.8, 4) is 11.1 Å². The molecule has 1 N–H and O–H groups in total. The zero-order chi connectivity index (χ0) is 24.0. The van der Waals surface area contributed by atoms with Crippen LogP contribution in [0.25, 0.3) is 11.1 Å². The molecular formula is C27H34N4O3. The number of carbonyl (C=O) groups excluding carboxylic acids is 1. The number of pyridine rings is 1. The third kappa shape index (κ3) is 6.74. The average molecular weight is 463 g/mol. The van der Waals surface area contributed by atoms with E-state index in [1.165, 1.54) is 0 Å². The second-order valence-electron chi connectivity index (χ2n) is 9.84. The summed E-state index contributed by atoms with van der Waals surface area (Å²) in [5, 5.41) is 6.82. The minimum absolute atomic E-state index is 0.127. The lowest BCUT2D eigenvalue weighted by molar-refractivity contribution is -0.115. The van der Waals surface area contributed by atoms with Gasteiger partial charge in [0.25, 0.3) is 0 Å². The third-order valence-electron chi connectivity index (χ3n) is 6.03. The highest BCUT2D eigenvalue weighted by Gasteiger charge is 2.19. The Bertz CT molecular complexity index is 1060. The van der Waals surface area contributed by atoms with Crippen molar-refractivity contribution in [2.75, 3.05) is 38.2 Å². The van der Waals surface area contributed by atoms with Gasteiger partial charge in [-0.15, -0.1) is 0 Å². The van der Waals surface area contributed by atoms with E-state index in [9.17, 15) is 4.79 Å². The van der Waals surface area contributed by atoms with E-state index in [2.05, 4.69) is 32.5 Å². The predicted molar refractivity (Wildman–Crippen MR) is 133 cm³/mol. The summed E-state index contributed by atoms with van der Waals surface area (Å²) in [6.07, 6.45) is 4.29. The SMILES string of the molecule is CC(C)(C)c1cc(NC(=O)Cc2ccc(-c3ccc(CCCN4CCOCC4)nc3)cc2)on1. The molecule has 1 aliphatic rings. The highest BCUT2D eigenvalue weighted by Crippen LogP contribution is 2.24. The van der Waals surface area contributed by atoms with Gasteiger partial charge in [-0.1, -0.05) is 56.3 Å². The lowest BCUT2D eigenvalue weighted by Gasteiger charge is -2.26. The van der Waals surface area contributed by atoms with Crippen molar-refractivity contribution in [2.45, 2.75) is 45.4 Å². The van der Waals surface area contributed by atoms with Gasteiger partial charge in [-0.25, -0.2) is 0 Å². The van der Waals surface area contributed by atoms with Crippen LogP contribution in [-0.2, 0) is 27.8 Å². The Morgan fingerprint density at radius 1 is 1.06 bits per heavy atom. The lowest BCUT2D eigenvalue weighted by atomic mass is 9.92. The average Bonchev–Trinajstić information content (AvgIpc) is 3.30. The Morgan fingerprint density at radius 3 is 2.44 bits per heavy atom. The summed E-state index contributed by atoms with van der Waals surface area (Å²) in [6.45, 7) is 11.0. The molecule has 7 nitrogen and oxygen atoms in total. The molecule has 0 saturated carbocycles. The zero-order valence-electron chi connectivity index (χ0n) is 20.3. The number of hydrogen-bond acceptors (Lipinski definition) is 6. The van der Waals surface area contributed by atoms with Gasteiger partial charge >= 0.3 is 0 Å². The molecule has 0 atom stereocenters. The van der Waals surface area contributed by atoms with Gasteiger partial charge in [-0.3, -0.25) is 20.0 Å². The molecule has 1 amide bonds. The zero-order valence-corrected chi connectivity index (χ0v) is 20.3. The number of anilines is 1. The van der Waals surface area contributed by atoms with E-state index < -0.39 is 0 Å². The molecule has 0 aliphatic carbocycles. The summed E-state index contributed by atoms with van der Waals surface area (Å²) in [5.74, 6) is 0.245. The van der Waals surface area contributed by atoms with E-state index >= 15 is 0 Å². The second kappa shape index (κ2) is 10.9. The normalized spacial score (nSPS) is 14.8. The highest BCUT2D eigenvalue weighted by molar-refractivity contribution is 5.91. The molecule has 4 rings (SSSR count). The number of amides is 1. The highest BCUT2D eigenvalue weighted by atomic mass is 16.5. The van der Waals surface area contributed by atoms with Crippen molar-refractivity contribution >= 4 is 11.8 Å². The molecule has 1 saturated heterocycles. The van der Waals surface area contributed by atoms with E-state index in [-0.39, 0.29) is 17.7 Å². The van der Waals surface area contributed by atoms with Crippen molar-refractivity contribution in [3.63, 3.8) is 0 Å². The number of morpholine rings is 1. The van der Waals surface area contributed by atoms with Crippen LogP contribution in [-0.4, -0.2) is 53.8 Å². The van der Waals surface area contributed by atoms with Gasteiger partial charge in [-0.05, 0) is 36.6 Å². The first kappa shape index (κ1) is 24.1. The largest absolute Gasteiger partial charge is 0.379 e. The van der Waals surface area contributed by atoms with Crippen LogP contribution in [0.5, 0.6) is 0 Å². The summed E-state index contributed by atoms with van der Waals surface area (Å²) in [6, 6.07) is 14.0. The monoisotopic (exact) mass is 462 g/mol. The fraction of sp³-hybridized carbons (Fsp3) is 0.444. The number of aromatic nitrogens is 2. The van der Waals surface area contributed by atoms with Crippen molar-refractivity contribution in [2.24, 2.45) is 0 Å². The summed E-state index contributed by atoms with van der Waals surface area (Å²) >= 11 is 0. The van der Waals surface area contributed by atoms with Gasteiger partial charge in [0.05, 0.1) is 25.3 Å². The van der Waals surface area contributed by atoms with E-state index in [0.717, 1.165) is 73.8 Å². The molecule has 0 spiro atoms. The van der Waals surface area contributed by atoms with Gasteiger partial charge in [0.15, 0.2) is 0 Å². The van der Waals surface area contributed by atoms with Gasteiger partial charge in [0.2, 0.25) is 11.8 Å². The molecule has 0 bridgehead atoms. The lowest BCUT2D eigenvalue weighted by Crippen LogP contribution is -2.36. The van der Waals surface area contributed by atoms with Crippen LogP contribution in [0, 0.1) is 0 Å². The molecule has 3 heterocycles. The molecule has 1 aromatic carbocycles. The quantitative estimate of drug-likeness (QED) is 0.532. The van der Waals surface area contributed by atoms with E-state index in [1.807, 2.05) is 51.2 Å². The standard InChI is InChI=1S/C27H34N4O3/c1-27(2,3)24-18-26(34-30-24)29-25(32)17-20-6-8-21(9-7-20)22-10-11-23(28-19-22)5-4-12-31-13-15-33-16-14-31/h6-11,18-19H,4-5,12-17H2,1-3H3,(H,29,32). The molecule has 3 aromatic rings. The molecule has 1 fully saturated rings. The molecule has 7 heteroatoms. The summed E-state index contributed by atoms with van der Waals surface area (Å²) in [7, 11) is 0. The molecule has 34 heavy (non-hydrogen) atoms. The van der Waals surface area contributed by atoms with Crippen molar-refractivity contribution < 1.29 is 14.1 Å². The number of benzene rings is 1. The van der Waals surface area contributed by atoms with Crippen molar-refractivity contribution in [3.05, 3.63) is 65.6 Å². The molecule has 2 aromatic heterocycles. The number of hydrogen-bond donors (Lipinski definition) is 1. The fourth-order valence-corrected chi connectivity index (χ4v) is 3.92. The van der Waals surface area contributed by atoms with Crippen molar-refractivity contribution in [1.82, 2.24) is 15.0 Å². The van der Waals surface area contributed by atoms with Crippen molar-refractivity contribution in [1.29, 1.82) is 0 Å². The van der Waals surface area contributed by atoms with Crippen LogP contribution in [0.3, 0.4) is 0 Å². The Hall–Kier alpha value is -3.03. The first-order valence-corrected chi connectivity index (χ1v) is 12.0. The first-order chi connectivity index (χ1) is 16.4. The number of carbonyl (C=O) groups is 1. The van der Waals surface area contributed by atoms with E-state index in [0.29, 0.717) is 5.88 Å². The summed E-state index contributed by atoms with van der Waals surface area (Å²) in [5.41, 5.74) is 4.89. The summed E-state index contributed by atoms with van der Waals surface area (Å²) < 4.78 is 10.6. The maximum atomic E-state index is 12.4. The fourth-order valence-electron chi connectivity index (χ4n) is 3.92. The number of nitrogens with one attached hydrogen (secondary N) is 1. The number of aryl methyl sites for hydroxylation is 1. The molecule has 180 valence electrons. The van der Waals surface area contributed by atoms with Crippen LogP contribution >= 0.6 is 0 Å². The molecule has 0 radical (unpaired) electrons. The van der Waals surface area contributed by atoms with Gasteiger partial charge in [0, 0.05) is 42.0 Å². The Labute approximate surface area is 201 Å². The topological polar surface area (TPSA) is 80.5 Å². The maximum Gasteiger partial charge on any atom is 0.231 e. The minimum Gasteiger partial charge on any atom is -0.379 e. The minimum atomic E-state index is -0.132. The van der Waals surface area contributed by atoms with Gasteiger partial charge < -0.3 is 9.26 Å². The van der Waals surface area contributed by atoms with Crippen LogP contribution in [0.1, 0.15) is 44.1 Å². The molecule has 0 unspecified atom stereocenters. The number of rotatable bonds is 8. The van der Waals surface area contributed by atoms with Gasteiger partial charge in [0.1, 0.15) is 0 Å². The Morgan fingerprint density at radius 2 is 1.79 bits per heavy atom. The van der Waals surface area contributed by atoms with E-state index in [4.69, 9.17) is 9.26 Å². The first-order valence-electron chi connectivity index (χ1n) is 12.0. The second-order valence-corrected chi connectivity index (χ2v) is 9.84. The molecular weight excluding hydrogens is 428 g/mol. The Kier molecular flexibility index (Phi) is 7.75. The Balaban J connectivity index is 1.26. The smallest absolute Gasteiger partial charge is 0.231 e.